The number of aliphatic hydroxyl groups excluding tert-OH is 1. The smallest absolute Gasteiger partial charge is 0.192 e. The number of allylic oxidation sites excluding steroid dienone is 3. The quantitative estimate of drug-likeness (QED) is 0.229. The minimum atomic E-state index is -2.01. The van der Waals surface area contributed by atoms with Crippen LogP contribution in [0.25, 0.3) is 0 Å². The average molecular weight is 661 g/mol. The van der Waals surface area contributed by atoms with Crippen LogP contribution in [0.1, 0.15) is 127 Å². The highest BCUT2D eigenvalue weighted by Gasteiger charge is 2.55. The van der Waals surface area contributed by atoms with Gasteiger partial charge in [0.2, 0.25) is 0 Å². The molecule has 3 aliphatic rings. The molecule has 45 heavy (non-hydrogen) atoms. The summed E-state index contributed by atoms with van der Waals surface area (Å²) in [5, 5.41) is 22.0. The lowest BCUT2D eigenvalue weighted by Crippen LogP contribution is -2.49. The summed E-state index contributed by atoms with van der Waals surface area (Å²) in [5.41, 5.74) is 3.41. The molecular formula is C39H72O4Si2. The molecule has 0 aromatic rings. The van der Waals surface area contributed by atoms with Crippen molar-refractivity contribution in [2.45, 2.75) is 187 Å². The Morgan fingerprint density at radius 1 is 0.956 bits per heavy atom. The van der Waals surface area contributed by atoms with Crippen LogP contribution in [0.3, 0.4) is 0 Å². The maximum absolute atomic E-state index is 11.5. The van der Waals surface area contributed by atoms with Crippen LogP contribution in [-0.4, -0.2) is 50.8 Å². The SMILES string of the molecule is C=C1/C(=C\C=C2/CCC[C@]3(C)[C@@H]([C@@H](C)CCCC(C)(C)O)[C@H](O)C[C@@H]23)C[C@@H](O[Si](C)(C)C(C)(C)C)C[C@@H]1O[Si](C)(C)C(C)(C)C. The molecule has 4 nitrogen and oxygen atoms in total. The zero-order chi connectivity index (χ0) is 34.4. The maximum atomic E-state index is 11.5. The summed E-state index contributed by atoms with van der Waals surface area (Å²) in [7, 11) is -3.96. The fourth-order valence-corrected chi connectivity index (χ4v) is 10.8. The average Bonchev–Trinajstić information content (AvgIpc) is 3.12. The van der Waals surface area contributed by atoms with Crippen molar-refractivity contribution in [3.05, 3.63) is 35.5 Å². The highest BCUT2D eigenvalue weighted by molar-refractivity contribution is 6.74. The number of rotatable bonds is 10. The lowest BCUT2D eigenvalue weighted by atomic mass is 9.60. The van der Waals surface area contributed by atoms with E-state index in [1.165, 1.54) is 24.0 Å². The van der Waals surface area contributed by atoms with E-state index in [1.807, 2.05) is 13.8 Å². The van der Waals surface area contributed by atoms with Crippen molar-refractivity contribution in [1.82, 2.24) is 0 Å². The van der Waals surface area contributed by atoms with Crippen LogP contribution in [0.5, 0.6) is 0 Å². The second kappa shape index (κ2) is 13.8. The molecule has 0 spiro atoms. The molecular weight excluding hydrogens is 589 g/mol. The molecule has 260 valence electrons. The first-order valence-corrected chi connectivity index (χ1v) is 24.0. The Bertz CT molecular complexity index is 1100. The van der Waals surface area contributed by atoms with Crippen molar-refractivity contribution in [1.29, 1.82) is 0 Å². The highest BCUT2D eigenvalue weighted by atomic mass is 28.4. The minimum Gasteiger partial charge on any atom is -0.413 e. The molecule has 3 saturated carbocycles. The van der Waals surface area contributed by atoms with Crippen LogP contribution >= 0.6 is 0 Å². The first kappa shape index (κ1) is 38.9. The largest absolute Gasteiger partial charge is 0.413 e. The van der Waals surface area contributed by atoms with Gasteiger partial charge in [0.1, 0.15) is 0 Å². The Morgan fingerprint density at radius 3 is 2.09 bits per heavy atom. The number of hydrogen-bond donors (Lipinski definition) is 2. The summed E-state index contributed by atoms with van der Waals surface area (Å²) in [5.74, 6) is 1.15. The third kappa shape index (κ3) is 9.14. The van der Waals surface area contributed by atoms with Crippen molar-refractivity contribution in [2.24, 2.45) is 23.2 Å². The molecule has 0 aromatic heterocycles. The summed E-state index contributed by atoms with van der Waals surface area (Å²) < 4.78 is 14.1. The molecule has 3 rings (SSSR count). The molecule has 3 aliphatic carbocycles. The van der Waals surface area contributed by atoms with Crippen LogP contribution in [0.15, 0.2) is 35.5 Å². The minimum absolute atomic E-state index is 0.0156. The normalized spacial score (nSPS) is 33.2. The van der Waals surface area contributed by atoms with Crippen LogP contribution in [0, 0.1) is 23.2 Å². The lowest BCUT2D eigenvalue weighted by Gasteiger charge is -2.46. The van der Waals surface area contributed by atoms with Crippen molar-refractivity contribution in [3.8, 4) is 0 Å². The Morgan fingerprint density at radius 2 is 1.53 bits per heavy atom. The van der Waals surface area contributed by atoms with Gasteiger partial charge in [-0.1, -0.05) is 92.5 Å². The standard InChI is InChI=1S/C39H72O4Si2/c1-27(18-16-22-38(9,10)41)35-33(40)26-32-29(19-17-23-39(32,35)11)20-21-30-24-31(42-44(12,13)36(3,4)5)25-34(28(30)2)43-45(14,15)37(6,7)8/h20-21,27,31-35,40-41H,2,16-19,22-26H2,1,3-15H3/b29-20+,30-21-/t27-,31+,32-,33+,34-,35-,39-/m0/s1. The van der Waals surface area contributed by atoms with Gasteiger partial charge in [0.15, 0.2) is 16.6 Å². The molecule has 2 N–H and O–H groups in total. The molecule has 0 radical (unpaired) electrons. The fraction of sp³-hybridized carbons (Fsp3) is 0.846. The number of hydrogen-bond acceptors (Lipinski definition) is 4. The van der Waals surface area contributed by atoms with Gasteiger partial charge in [0.05, 0.1) is 23.9 Å². The van der Waals surface area contributed by atoms with Gasteiger partial charge in [-0.25, -0.2) is 0 Å². The monoisotopic (exact) mass is 660 g/mol. The summed E-state index contributed by atoms with van der Waals surface area (Å²) in [6.45, 7) is 36.6. The molecule has 0 bridgehead atoms. The zero-order valence-corrected chi connectivity index (χ0v) is 33.9. The van der Waals surface area contributed by atoms with E-state index in [2.05, 4.69) is 100 Å². The highest BCUT2D eigenvalue weighted by Crippen LogP contribution is 2.60. The first-order chi connectivity index (χ1) is 20.3. The van der Waals surface area contributed by atoms with E-state index in [1.54, 1.807) is 0 Å². The lowest BCUT2D eigenvalue weighted by molar-refractivity contribution is 0.0223. The zero-order valence-electron chi connectivity index (χ0n) is 31.9. The van der Waals surface area contributed by atoms with Crippen molar-refractivity contribution in [3.63, 3.8) is 0 Å². The van der Waals surface area contributed by atoms with Gasteiger partial charge < -0.3 is 19.1 Å². The van der Waals surface area contributed by atoms with Crippen LogP contribution in [-0.2, 0) is 8.85 Å². The Hall–Kier alpha value is -0.506. The van der Waals surface area contributed by atoms with E-state index in [0.29, 0.717) is 17.8 Å². The second-order valence-corrected chi connectivity index (χ2v) is 28.7. The van der Waals surface area contributed by atoms with Gasteiger partial charge in [-0.05, 0) is 123 Å². The van der Waals surface area contributed by atoms with Crippen LogP contribution < -0.4 is 0 Å². The van der Waals surface area contributed by atoms with Gasteiger partial charge >= 0.3 is 0 Å². The Labute approximate surface area is 280 Å². The van der Waals surface area contributed by atoms with E-state index in [-0.39, 0.29) is 33.8 Å². The predicted molar refractivity (Wildman–Crippen MR) is 198 cm³/mol. The van der Waals surface area contributed by atoms with Gasteiger partial charge in [-0.3, -0.25) is 0 Å². The molecule has 0 unspecified atom stereocenters. The van der Waals surface area contributed by atoms with Crippen molar-refractivity contribution >= 4 is 16.6 Å². The van der Waals surface area contributed by atoms with Crippen LogP contribution in [0.4, 0.5) is 0 Å². The van der Waals surface area contributed by atoms with E-state index in [4.69, 9.17) is 8.85 Å². The molecule has 6 heteroatoms. The Kier molecular flexibility index (Phi) is 11.9. The van der Waals surface area contributed by atoms with E-state index >= 15 is 0 Å². The summed E-state index contributed by atoms with van der Waals surface area (Å²) >= 11 is 0. The molecule has 0 aliphatic heterocycles. The van der Waals surface area contributed by atoms with Gasteiger partial charge in [0.25, 0.3) is 0 Å². The van der Waals surface area contributed by atoms with E-state index < -0.39 is 22.2 Å². The molecule has 0 amide bonds. The van der Waals surface area contributed by atoms with Crippen molar-refractivity contribution < 1.29 is 19.1 Å². The number of fused-ring (bicyclic) bond motifs is 1. The van der Waals surface area contributed by atoms with Crippen molar-refractivity contribution in [2.75, 3.05) is 0 Å². The predicted octanol–water partition coefficient (Wildman–Crippen LogP) is 10.7. The summed E-state index contributed by atoms with van der Waals surface area (Å²) in [4.78, 5) is 0. The fourth-order valence-electron chi connectivity index (χ4n) is 8.12. The Balaban J connectivity index is 1.90. The van der Waals surface area contributed by atoms with Crippen LogP contribution in [0.2, 0.25) is 36.3 Å². The molecule has 0 aromatic carbocycles. The van der Waals surface area contributed by atoms with Gasteiger partial charge in [-0.15, -0.1) is 0 Å². The third-order valence-electron chi connectivity index (χ3n) is 12.9. The maximum Gasteiger partial charge on any atom is 0.192 e. The molecule has 0 heterocycles. The van der Waals surface area contributed by atoms with Gasteiger partial charge in [-0.2, -0.15) is 0 Å². The summed E-state index contributed by atoms with van der Waals surface area (Å²) in [6.07, 6.45) is 13.6. The van der Waals surface area contributed by atoms with E-state index in [0.717, 1.165) is 50.5 Å². The molecule has 0 saturated heterocycles. The van der Waals surface area contributed by atoms with Gasteiger partial charge in [0, 0.05) is 6.42 Å². The van der Waals surface area contributed by atoms with E-state index in [9.17, 15) is 10.2 Å². The number of aliphatic hydroxyl groups is 2. The molecule has 7 atom stereocenters. The topological polar surface area (TPSA) is 58.9 Å². The molecule has 3 fully saturated rings. The third-order valence-corrected chi connectivity index (χ3v) is 21.9. The second-order valence-electron chi connectivity index (χ2n) is 19.2. The summed E-state index contributed by atoms with van der Waals surface area (Å²) in [6, 6.07) is 0. The first-order valence-electron chi connectivity index (χ1n) is 18.1.